The lowest BCUT2D eigenvalue weighted by molar-refractivity contribution is 0.0935. The molecule has 1 amide bonds. The lowest BCUT2D eigenvalue weighted by Crippen LogP contribution is -2.34. The average Bonchev–Trinajstić information content (AvgIpc) is 3.14. The van der Waals surface area contributed by atoms with E-state index in [1.807, 2.05) is 6.92 Å². The highest BCUT2D eigenvalue weighted by Gasteiger charge is 2.29. The first-order valence-corrected chi connectivity index (χ1v) is 8.33. The zero-order valence-electron chi connectivity index (χ0n) is 10.7. The molecule has 0 heterocycles. The van der Waals surface area contributed by atoms with Crippen LogP contribution in [0.2, 0.25) is 10.0 Å². The Balaban J connectivity index is 2.32. The molecule has 1 fully saturated rings. The van der Waals surface area contributed by atoms with E-state index >= 15 is 0 Å². The Morgan fingerprint density at radius 3 is 2.50 bits per heavy atom. The lowest BCUT2D eigenvalue weighted by Gasteiger charge is -2.14. The number of carbonyl (C=O) groups is 1. The van der Waals surface area contributed by atoms with Crippen LogP contribution in [0.5, 0.6) is 0 Å². The largest absolute Gasteiger partial charge is 0.349 e. The van der Waals surface area contributed by atoms with E-state index in [2.05, 4.69) is 5.32 Å². The number of nitrogens with one attached hydrogen (secondary N) is 1. The number of hydrogen-bond acceptors (Lipinski definition) is 3. The molecule has 1 aromatic rings. The van der Waals surface area contributed by atoms with E-state index in [1.165, 1.54) is 6.07 Å². The SMILES string of the molecule is CC(NC(=O)c1cc(Cl)c(Cl)c(S(N)(=O)=O)c1)C1CC1. The Bertz CT molecular complexity index is 657. The van der Waals surface area contributed by atoms with Crippen molar-refractivity contribution >= 4 is 39.1 Å². The number of sulfonamides is 1. The molecular formula is C12H14Cl2N2O3S. The summed E-state index contributed by atoms with van der Waals surface area (Å²) in [6.07, 6.45) is 2.18. The standard InChI is InChI=1S/C12H14Cl2N2O3S/c1-6(7-2-3-7)16-12(17)8-4-9(13)11(14)10(5-8)20(15,18)19/h4-7H,2-3H2,1H3,(H,16,17)(H2,15,18,19). The molecule has 20 heavy (non-hydrogen) atoms. The second kappa shape index (κ2) is 5.52. The molecule has 2 rings (SSSR count). The first kappa shape index (κ1) is 15.6. The highest BCUT2D eigenvalue weighted by molar-refractivity contribution is 7.89. The van der Waals surface area contributed by atoms with Crippen LogP contribution in [0.4, 0.5) is 0 Å². The maximum Gasteiger partial charge on any atom is 0.251 e. The van der Waals surface area contributed by atoms with E-state index in [-0.39, 0.29) is 26.5 Å². The van der Waals surface area contributed by atoms with Crippen molar-refractivity contribution in [3.63, 3.8) is 0 Å². The number of rotatable bonds is 4. The quantitative estimate of drug-likeness (QED) is 0.882. The maximum atomic E-state index is 12.1. The minimum atomic E-state index is -4.04. The summed E-state index contributed by atoms with van der Waals surface area (Å²) in [5, 5.41) is 7.65. The van der Waals surface area contributed by atoms with Gasteiger partial charge >= 0.3 is 0 Å². The zero-order chi connectivity index (χ0) is 15.1. The summed E-state index contributed by atoms with van der Waals surface area (Å²) in [5.41, 5.74) is 0.121. The fourth-order valence-electron chi connectivity index (χ4n) is 1.91. The fourth-order valence-corrected chi connectivity index (χ4v) is 3.26. The Labute approximate surface area is 127 Å². The number of benzene rings is 1. The molecule has 1 unspecified atom stereocenters. The van der Waals surface area contributed by atoms with Crippen LogP contribution in [0, 0.1) is 5.92 Å². The normalized spacial score (nSPS) is 16.8. The highest BCUT2D eigenvalue weighted by Crippen LogP contribution is 2.33. The number of halogens is 2. The number of amides is 1. The monoisotopic (exact) mass is 336 g/mol. The Morgan fingerprint density at radius 1 is 1.40 bits per heavy atom. The third kappa shape index (κ3) is 3.44. The summed E-state index contributed by atoms with van der Waals surface area (Å²) in [7, 11) is -4.04. The summed E-state index contributed by atoms with van der Waals surface area (Å²) in [5.74, 6) is 0.0901. The van der Waals surface area contributed by atoms with Crippen LogP contribution in [-0.4, -0.2) is 20.4 Å². The van der Waals surface area contributed by atoms with Crippen LogP contribution in [0.1, 0.15) is 30.1 Å². The van der Waals surface area contributed by atoms with Crippen molar-refractivity contribution in [3.8, 4) is 0 Å². The van der Waals surface area contributed by atoms with Gasteiger partial charge in [-0.05, 0) is 37.8 Å². The molecule has 0 radical (unpaired) electrons. The van der Waals surface area contributed by atoms with Crippen LogP contribution < -0.4 is 10.5 Å². The molecule has 0 bridgehead atoms. The van der Waals surface area contributed by atoms with Gasteiger partial charge in [0.1, 0.15) is 4.90 Å². The molecule has 1 saturated carbocycles. The van der Waals surface area contributed by atoms with Crippen LogP contribution in [0.25, 0.3) is 0 Å². The van der Waals surface area contributed by atoms with E-state index in [9.17, 15) is 13.2 Å². The third-order valence-corrected chi connectivity index (χ3v) is 5.10. The fraction of sp³-hybridized carbons (Fsp3) is 0.417. The van der Waals surface area contributed by atoms with E-state index in [4.69, 9.17) is 28.3 Å². The summed E-state index contributed by atoms with van der Waals surface area (Å²) in [6, 6.07) is 2.50. The Hall–Kier alpha value is -0.820. The number of hydrogen-bond donors (Lipinski definition) is 2. The number of nitrogens with two attached hydrogens (primary N) is 1. The minimum Gasteiger partial charge on any atom is -0.349 e. The summed E-state index contributed by atoms with van der Waals surface area (Å²) >= 11 is 11.6. The second-order valence-electron chi connectivity index (χ2n) is 4.91. The lowest BCUT2D eigenvalue weighted by atomic mass is 10.1. The molecule has 1 aliphatic carbocycles. The maximum absolute atomic E-state index is 12.1. The first-order valence-electron chi connectivity index (χ1n) is 6.03. The van der Waals surface area contributed by atoms with Gasteiger partial charge in [0, 0.05) is 11.6 Å². The Kier molecular flexibility index (Phi) is 4.30. The van der Waals surface area contributed by atoms with E-state index in [0.29, 0.717) is 5.92 Å². The van der Waals surface area contributed by atoms with Gasteiger partial charge in [0.05, 0.1) is 10.0 Å². The van der Waals surface area contributed by atoms with Gasteiger partial charge in [0.25, 0.3) is 5.91 Å². The van der Waals surface area contributed by atoms with Crippen molar-refractivity contribution < 1.29 is 13.2 Å². The van der Waals surface area contributed by atoms with Crippen molar-refractivity contribution in [2.75, 3.05) is 0 Å². The van der Waals surface area contributed by atoms with Gasteiger partial charge < -0.3 is 5.32 Å². The number of carbonyl (C=O) groups excluding carboxylic acids is 1. The van der Waals surface area contributed by atoms with Gasteiger partial charge in [-0.3, -0.25) is 4.79 Å². The molecule has 110 valence electrons. The topological polar surface area (TPSA) is 89.3 Å². The van der Waals surface area contributed by atoms with Crippen molar-refractivity contribution in [1.29, 1.82) is 0 Å². The van der Waals surface area contributed by atoms with Gasteiger partial charge in [-0.2, -0.15) is 0 Å². The molecule has 0 spiro atoms. The van der Waals surface area contributed by atoms with E-state index < -0.39 is 15.9 Å². The predicted molar refractivity (Wildman–Crippen MR) is 77.5 cm³/mol. The summed E-state index contributed by atoms with van der Waals surface area (Å²) in [6.45, 7) is 1.91. The molecule has 1 aliphatic rings. The van der Waals surface area contributed by atoms with E-state index in [1.54, 1.807) is 0 Å². The number of primary sulfonamides is 1. The molecule has 0 saturated heterocycles. The van der Waals surface area contributed by atoms with Gasteiger partial charge in [-0.15, -0.1) is 0 Å². The molecular weight excluding hydrogens is 323 g/mol. The third-order valence-electron chi connectivity index (χ3n) is 3.25. The molecule has 1 aromatic carbocycles. The summed E-state index contributed by atoms with van der Waals surface area (Å²) < 4.78 is 22.8. The first-order chi connectivity index (χ1) is 9.20. The van der Waals surface area contributed by atoms with Gasteiger partial charge in [0.15, 0.2) is 0 Å². The van der Waals surface area contributed by atoms with Crippen LogP contribution in [0.3, 0.4) is 0 Å². The smallest absolute Gasteiger partial charge is 0.251 e. The average molecular weight is 337 g/mol. The van der Waals surface area contributed by atoms with Crippen molar-refractivity contribution in [3.05, 3.63) is 27.7 Å². The summed E-state index contributed by atoms with van der Waals surface area (Å²) in [4.78, 5) is 11.7. The molecule has 8 heteroatoms. The highest BCUT2D eigenvalue weighted by atomic mass is 35.5. The minimum absolute atomic E-state index is 0.0255. The van der Waals surface area contributed by atoms with E-state index in [0.717, 1.165) is 18.9 Å². The van der Waals surface area contributed by atoms with Crippen LogP contribution >= 0.6 is 23.2 Å². The molecule has 0 aromatic heterocycles. The molecule has 1 atom stereocenters. The van der Waals surface area contributed by atoms with Crippen molar-refractivity contribution in [1.82, 2.24) is 5.32 Å². The molecule has 0 aliphatic heterocycles. The van der Waals surface area contributed by atoms with Gasteiger partial charge in [0.2, 0.25) is 10.0 Å². The molecule has 5 nitrogen and oxygen atoms in total. The molecule has 3 N–H and O–H groups in total. The predicted octanol–water partition coefficient (Wildman–Crippen LogP) is 2.17. The second-order valence-corrected chi connectivity index (χ2v) is 7.23. The van der Waals surface area contributed by atoms with Crippen molar-refractivity contribution in [2.24, 2.45) is 11.1 Å². The Morgan fingerprint density at radius 2 is 2.00 bits per heavy atom. The van der Waals surface area contributed by atoms with Crippen LogP contribution in [-0.2, 0) is 10.0 Å². The van der Waals surface area contributed by atoms with Gasteiger partial charge in [-0.1, -0.05) is 23.2 Å². The van der Waals surface area contributed by atoms with Crippen molar-refractivity contribution in [2.45, 2.75) is 30.7 Å². The van der Waals surface area contributed by atoms with Gasteiger partial charge in [-0.25, -0.2) is 13.6 Å². The zero-order valence-corrected chi connectivity index (χ0v) is 13.0. The van der Waals surface area contributed by atoms with Crippen LogP contribution in [0.15, 0.2) is 17.0 Å².